The van der Waals surface area contributed by atoms with Crippen LogP contribution in [0.4, 0.5) is 0 Å². The minimum absolute atomic E-state index is 0.0817. The lowest BCUT2D eigenvalue weighted by atomic mass is 10.0. The van der Waals surface area contributed by atoms with Crippen molar-refractivity contribution >= 4 is 28.2 Å². The van der Waals surface area contributed by atoms with Gasteiger partial charge in [-0.3, -0.25) is 4.79 Å². The van der Waals surface area contributed by atoms with Crippen molar-refractivity contribution in [2.45, 2.75) is 13.0 Å². The zero-order chi connectivity index (χ0) is 17.2. The molecule has 0 bridgehead atoms. The quantitative estimate of drug-likeness (QED) is 0.543. The summed E-state index contributed by atoms with van der Waals surface area (Å²) in [7, 11) is 0. The molecule has 124 valence electrons. The first-order chi connectivity index (χ1) is 12.2. The van der Waals surface area contributed by atoms with E-state index < -0.39 is 0 Å². The fraction of sp³-hybridized carbons (Fsp3) is 0.0952. The molecule has 0 aliphatic carbocycles. The first-order valence-corrected chi connectivity index (χ1v) is 8.99. The van der Waals surface area contributed by atoms with E-state index in [9.17, 15) is 4.79 Å². The molecule has 0 aliphatic heterocycles. The number of rotatable bonds is 4. The maximum absolute atomic E-state index is 12.8. The maximum atomic E-state index is 12.8. The molecular formula is C21H17NO2S. The number of aryl methyl sites for hydroxylation is 1. The largest absolute Gasteiger partial charge is 0.459 e. The molecule has 1 amide bonds. The van der Waals surface area contributed by atoms with Crippen LogP contribution in [0.1, 0.15) is 32.6 Å². The molecule has 2 heterocycles. The highest BCUT2D eigenvalue weighted by molar-refractivity contribution is 7.12. The lowest BCUT2D eigenvalue weighted by Gasteiger charge is -2.17. The number of para-hydroxylation sites is 1. The molecule has 0 saturated carbocycles. The van der Waals surface area contributed by atoms with Crippen LogP contribution in [0.5, 0.6) is 0 Å². The highest BCUT2D eigenvalue weighted by Crippen LogP contribution is 2.29. The van der Waals surface area contributed by atoms with Crippen LogP contribution in [-0.4, -0.2) is 5.91 Å². The van der Waals surface area contributed by atoms with E-state index in [0.29, 0.717) is 0 Å². The van der Waals surface area contributed by atoms with E-state index in [4.69, 9.17) is 4.42 Å². The third kappa shape index (κ3) is 3.08. The Balaban J connectivity index is 1.74. The molecule has 3 nitrogen and oxygen atoms in total. The van der Waals surface area contributed by atoms with E-state index in [0.717, 1.165) is 32.7 Å². The highest BCUT2D eigenvalue weighted by atomic mass is 32.1. The summed E-state index contributed by atoms with van der Waals surface area (Å²) >= 11 is 1.45. The second-order valence-electron chi connectivity index (χ2n) is 5.94. The third-order valence-corrected chi connectivity index (χ3v) is 5.22. The number of amides is 1. The maximum Gasteiger partial charge on any atom is 0.262 e. The summed E-state index contributed by atoms with van der Waals surface area (Å²) in [6.45, 7) is 1.95. The smallest absolute Gasteiger partial charge is 0.262 e. The summed E-state index contributed by atoms with van der Waals surface area (Å²) in [6, 6.07) is 21.4. The molecule has 0 aliphatic rings. The molecule has 25 heavy (non-hydrogen) atoms. The minimum Gasteiger partial charge on any atom is -0.459 e. The summed E-state index contributed by atoms with van der Waals surface area (Å²) in [6.07, 6.45) is 0. The number of carbonyl (C=O) groups is 1. The van der Waals surface area contributed by atoms with Crippen LogP contribution in [0, 0.1) is 6.92 Å². The summed E-state index contributed by atoms with van der Waals surface area (Å²) < 4.78 is 6.02. The number of nitrogens with one attached hydrogen (secondary N) is 1. The Morgan fingerprint density at radius 1 is 1.04 bits per heavy atom. The van der Waals surface area contributed by atoms with Crippen molar-refractivity contribution in [3.63, 3.8) is 0 Å². The third-order valence-electron chi connectivity index (χ3n) is 4.21. The van der Waals surface area contributed by atoms with Crippen molar-refractivity contribution < 1.29 is 9.21 Å². The van der Waals surface area contributed by atoms with Crippen molar-refractivity contribution in [1.29, 1.82) is 0 Å². The number of benzene rings is 2. The van der Waals surface area contributed by atoms with Gasteiger partial charge in [-0.1, -0.05) is 48.5 Å². The van der Waals surface area contributed by atoms with Gasteiger partial charge in [-0.05, 0) is 41.6 Å². The lowest BCUT2D eigenvalue weighted by molar-refractivity contribution is 0.0943. The standard InChI is InChI=1S/C21H17NO2S/c1-14-11-12-25-20(14)21(23)22-19(15-7-3-2-4-8-15)18-13-16-9-5-6-10-17(16)24-18/h2-13,19H,1H3,(H,22,23)/t19-/m1/s1. The summed E-state index contributed by atoms with van der Waals surface area (Å²) in [5, 5.41) is 6.09. The van der Waals surface area contributed by atoms with Gasteiger partial charge in [0.1, 0.15) is 17.4 Å². The second-order valence-corrected chi connectivity index (χ2v) is 6.85. The molecule has 0 saturated heterocycles. The van der Waals surface area contributed by atoms with Crippen LogP contribution in [-0.2, 0) is 0 Å². The predicted octanol–water partition coefficient (Wildman–Crippen LogP) is 5.32. The van der Waals surface area contributed by atoms with Gasteiger partial charge in [0.15, 0.2) is 0 Å². The molecule has 4 aromatic rings. The van der Waals surface area contributed by atoms with E-state index in [1.165, 1.54) is 11.3 Å². The highest BCUT2D eigenvalue weighted by Gasteiger charge is 2.22. The van der Waals surface area contributed by atoms with Gasteiger partial charge in [0.25, 0.3) is 5.91 Å². The Morgan fingerprint density at radius 3 is 2.52 bits per heavy atom. The van der Waals surface area contributed by atoms with E-state index in [-0.39, 0.29) is 11.9 Å². The first-order valence-electron chi connectivity index (χ1n) is 8.11. The minimum atomic E-state index is -0.331. The molecule has 0 spiro atoms. The van der Waals surface area contributed by atoms with Crippen LogP contribution >= 0.6 is 11.3 Å². The molecule has 0 radical (unpaired) electrons. The van der Waals surface area contributed by atoms with Gasteiger partial charge in [-0.15, -0.1) is 11.3 Å². The van der Waals surface area contributed by atoms with Gasteiger partial charge in [0.05, 0.1) is 4.88 Å². The summed E-state index contributed by atoms with van der Waals surface area (Å²) in [5.41, 5.74) is 2.79. The topological polar surface area (TPSA) is 42.2 Å². The van der Waals surface area contributed by atoms with Crippen molar-refractivity contribution in [3.8, 4) is 0 Å². The SMILES string of the molecule is Cc1ccsc1C(=O)N[C@H](c1ccccc1)c1cc2ccccc2o1. The van der Waals surface area contributed by atoms with Crippen LogP contribution < -0.4 is 5.32 Å². The molecule has 2 aromatic carbocycles. The zero-order valence-electron chi connectivity index (χ0n) is 13.7. The van der Waals surface area contributed by atoms with Crippen LogP contribution in [0.3, 0.4) is 0 Å². The van der Waals surface area contributed by atoms with Gasteiger partial charge < -0.3 is 9.73 Å². The zero-order valence-corrected chi connectivity index (χ0v) is 14.5. The molecule has 4 rings (SSSR count). The number of furan rings is 1. The van der Waals surface area contributed by atoms with Crippen molar-refractivity contribution in [1.82, 2.24) is 5.32 Å². The number of thiophene rings is 1. The monoisotopic (exact) mass is 347 g/mol. The average molecular weight is 347 g/mol. The molecule has 4 heteroatoms. The number of hydrogen-bond donors (Lipinski definition) is 1. The molecule has 0 fully saturated rings. The van der Waals surface area contributed by atoms with Gasteiger partial charge in [-0.25, -0.2) is 0 Å². The van der Waals surface area contributed by atoms with Gasteiger partial charge >= 0.3 is 0 Å². The van der Waals surface area contributed by atoms with Crippen LogP contribution in [0.2, 0.25) is 0 Å². The Kier molecular flexibility index (Phi) is 4.12. The number of hydrogen-bond acceptors (Lipinski definition) is 3. The average Bonchev–Trinajstić information content (AvgIpc) is 3.26. The summed E-state index contributed by atoms with van der Waals surface area (Å²) in [5.74, 6) is 0.650. The van der Waals surface area contributed by atoms with Gasteiger partial charge in [0, 0.05) is 5.39 Å². The molecule has 0 unspecified atom stereocenters. The summed E-state index contributed by atoms with van der Waals surface area (Å²) in [4.78, 5) is 13.5. The Hall–Kier alpha value is -2.85. The molecule has 1 atom stereocenters. The second kappa shape index (κ2) is 6.57. The Bertz CT molecular complexity index is 984. The van der Waals surface area contributed by atoms with Gasteiger partial charge in [-0.2, -0.15) is 0 Å². The Labute approximate surface area is 149 Å². The lowest BCUT2D eigenvalue weighted by Crippen LogP contribution is -2.28. The van der Waals surface area contributed by atoms with E-state index in [1.807, 2.05) is 79.0 Å². The van der Waals surface area contributed by atoms with Crippen molar-refractivity contribution in [2.24, 2.45) is 0 Å². The van der Waals surface area contributed by atoms with E-state index in [1.54, 1.807) is 0 Å². The predicted molar refractivity (Wildman–Crippen MR) is 101 cm³/mol. The fourth-order valence-corrected chi connectivity index (χ4v) is 3.74. The number of carbonyl (C=O) groups excluding carboxylic acids is 1. The number of fused-ring (bicyclic) bond motifs is 1. The molecular weight excluding hydrogens is 330 g/mol. The van der Waals surface area contributed by atoms with Crippen molar-refractivity contribution in [2.75, 3.05) is 0 Å². The normalized spacial score (nSPS) is 12.2. The van der Waals surface area contributed by atoms with Crippen LogP contribution in [0.25, 0.3) is 11.0 Å². The van der Waals surface area contributed by atoms with Crippen LogP contribution in [0.15, 0.2) is 76.5 Å². The Morgan fingerprint density at radius 2 is 1.80 bits per heavy atom. The van der Waals surface area contributed by atoms with Crippen molar-refractivity contribution in [3.05, 3.63) is 93.9 Å². The van der Waals surface area contributed by atoms with E-state index >= 15 is 0 Å². The van der Waals surface area contributed by atoms with Gasteiger partial charge in [0.2, 0.25) is 0 Å². The molecule has 2 aromatic heterocycles. The molecule has 1 N–H and O–H groups in total. The van der Waals surface area contributed by atoms with E-state index in [2.05, 4.69) is 5.32 Å². The fourth-order valence-electron chi connectivity index (χ4n) is 2.91. The first kappa shape index (κ1) is 15.7.